The van der Waals surface area contributed by atoms with E-state index in [1.54, 1.807) is 0 Å². The average Bonchev–Trinajstić information content (AvgIpc) is 3.27. The average molecular weight is 748 g/mol. The standard InChI is InChI=1S/C47H97N5O/c1-3-5-7-9-11-13-15-17-19-21-23-25-27-29-31-33-38-50-40-41-51(43-45-52(44-42-50)47(53)46(49)36-35-37-48)39-34-32-30-28-26-24-22-20-18-16-14-12-10-8-6-4-2/h46H,3-45,48-49H2,1-2H3/t46-/m0/s1. The Bertz CT molecular complexity index is 702. The quantitative estimate of drug-likeness (QED) is 0.0615. The Labute approximate surface area is 333 Å². The molecule has 53 heavy (non-hydrogen) atoms. The molecular weight excluding hydrogens is 651 g/mol. The zero-order chi connectivity index (χ0) is 38.3. The van der Waals surface area contributed by atoms with Gasteiger partial charge in [-0.05, 0) is 45.3 Å². The SMILES string of the molecule is CCCCCCCCCCCCCCCCCCN1CCN(CCCCCCCCCCCCCCCCCC)CCN(C(=O)[C@@H](N)CCCN)CC1. The Hall–Kier alpha value is -0.690. The highest BCUT2D eigenvalue weighted by Gasteiger charge is 2.23. The van der Waals surface area contributed by atoms with E-state index in [4.69, 9.17) is 11.5 Å². The molecule has 1 fully saturated rings. The molecule has 316 valence electrons. The first kappa shape index (κ1) is 50.3. The third kappa shape index (κ3) is 32.1. The van der Waals surface area contributed by atoms with E-state index in [1.165, 1.54) is 205 Å². The van der Waals surface area contributed by atoms with Crippen molar-refractivity contribution in [2.24, 2.45) is 11.5 Å². The van der Waals surface area contributed by atoms with Crippen LogP contribution in [0.4, 0.5) is 0 Å². The first-order valence-electron chi connectivity index (χ1n) is 24.3. The third-order valence-corrected chi connectivity index (χ3v) is 12.1. The Balaban J connectivity index is 2.26. The number of hydrogen-bond donors (Lipinski definition) is 2. The van der Waals surface area contributed by atoms with Gasteiger partial charge in [0.15, 0.2) is 0 Å². The van der Waals surface area contributed by atoms with E-state index < -0.39 is 6.04 Å². The molecule has 0 radical (unpaired) electrons. The lowest BCUT2D eigenvalue weighted by Crippen LogP contribution is -2.48. The molecule has 0 saturated carbocycles. The highest BCUT2D eigenvalue weighted by Crippen LogP contribution is 2.16. The van der Waals surface area contributed by atoms with Crippen molar-refractivity contribution in [3.63, 3.8) is 0 Å². The molecule has 1 atom stereocenters. The van der Waals surface area contributed by atoms with Gasteiger partial charge in [-0.1, -0.05) is 206 Å². The predicted octanol–water partition coefficient (Wildman–Crippen LogP) is 12.0. The molecule has 4 N–H and O–H groups in total. The minimum absolute atomic E-state index is 0.130. The van der Waals surface area contributed by atoms with Crippen LogP contribution in [-0.2, 0) is 4.79 Å². The molecule has 0 aliphatic carbocycles. The van der Waals surface area contributed by atoms with Gasteiger partial charge in [0.25, 0.3) is 0 Å². The van der Waals surface area contributed by atoms with Crippen molar-refractivity contribution in [3.05, 3.63) is 0 Å². The number of hydrogen-bond acceptors (Lipinski definition) is 5. The minimum atomic E-state index is -0.415. The van der Waals surface area contributed by atoms with Gasteiger partial charge in [0.2, 0.25) is 5.91 Å². The molecule has 1 saturated heterocycles. The maximum absolute atomic E-state index is 13.4. The van der Waals surface area contributed by atoms with E-state index in [9.17, 15) is 4.79 Å². The fraction of sp³-hybridized carbons (Fsp3) is 0.979. The predicted molar refractivity (Wildman–Crippen MR) is 235 cm³/mol. The summed E-state index contributed by atoms with van der Waals surface area (Å²) in [6.45, 7) is 13.3. The number of rotatable bonds is 38. The van der Waals surface area contributed by atoms with Gasteiger partial charge in [0.1, 0.15) is 0 Å². The van der Waals surface area contributed by atoms with Crippen LogP contribution in [0.1, 0.15) is 232 Å². The normalized spacial score (nSPS) is 15.4. The smallest absolute Gasteiger partial charge is 0.239 e. The summed E-state index contributed by atoms with van der Waals surface area (Å²) in [6.07, 6.45) is 46.7. The van der Waals surface area contributed by atoms with Crippen LogP contribution >= 0.6 is 0 Å². The molecule has 0 bridgehead atoms. The van der Waals surface area contributed by atoms with Crippen molar-refractivity contribution < 1.29 is 4.79 Å². The summed E-state index contributed by atoms with van der Waals surface area (Å²) >= 11 is 0. The van der Waals surface area contributed by atoms with Gasteiger partial charge in [-0.15, -0.1) is 0 Å². The fourth-order valence-electron chi connectivity index (χ4n) is 8.27. The molecule has 1 aliphatic heterocycles. The zero-order valence-corrected chi connectivity index (χ0v) is 36.4. The van der Waals surface area contributed by atoms with Gasteiger partial charge < -0.3 is 26.2 Å². The summed E-state index contributed by atoms with van der Waals surface area (Å²) in [5.74, 6) is 0.130. The molecular formula is C47H97N5O. The highest BCUT2D eigenvalue weighted by molar-refractivity contribution is 5.81. The number of unbranched alkanes of at least 4 members (excludes halogenated alkanes) is 30. The molecule has 1 heterocycles. The van der Waals surface area contributed by atoms with Crippen molar-refractivity contribution >= 4 is 5.91 Å². The lowest BCUT2D eigenvalue weighted by molar-refractivity contribution is -0.133. The van der Waals surface area contributed by atoms with Crippen LogP contribution in [0, 0.1) is 0 Å². The van der Waals surface area contributed by atoms with Gasteiger partial charge >= 0.3 is 0 Å². The molecule has 0 aromatic rings. The van der Waals surface area contributed by atoms with E-state index in [0.717, 1.165) is 58.8 Å². The van der Waals surface area contributed by atoms with Crippen molar-refractivity contribution in [1.29, 1.82) is 0 Å². The summed E-state index contributed by atoms with van der Waals surface area (Å²) in [7, 11) is 0. The lowest BCUT2D eigenvalue weighted by Gasteiger charge is -2.28. The zero-order valence-electron chi connectivity index (χ0n) is 36.4. The van der Waals surface area contributed by atoms with Gasteiger partial charge in [-0.2, -0.15) is 0 Å². The second-order valence-corrected chi connectivity index (χ2v) is 17.2. The largest absolute Gasteiger partial charge is 0.339 e. The van der Waals surface area contributed by atoms with Crippen molar-refractivity contribution in [3.8, 4) is 0 Å². The van der Waals surface area contributed by atoms with Crippen LogP contribution in [0.3, 0.4) is 0 Å². The molecule has 0 aromatic carbocycles. The Kier molecular flexibility index (Phi) is 37.5. The minimum Gasteiger partial charge on any atom is -0.339 e. The van der Waals surface area contributed by atoms with Crippen LogP contribution < -0.4 is 11.5 Å². The van der Waals surface area contributed by atoms with E-state index >= 15 is 0 Å². The highest BCUT2D eigenvalue weighted by atomic mass is 16.2. The Morgan fingerprint density at radius 2 is 0.679 bits per heavy atom. The Morgan fingerprint density at radius 3 is 0.962 bits per heavy atom. The van der Waals surface area contributed by atoms with Gasteiger partial charge in [-0.25, -0.2) is 0 Å². The van der Waals surface area contributed by atoms with Crippen molar-refractivity contribution in [2.75, 3.05) is 58.9 Å². The maximum atomic E-state index is 13.4. The van der Waals surface area contributed by atoms with Crippen LogP contribution in [0.5, 0.6) is 0 Å². The molecule has 0 aromatic heterocycles. The number of carbonyl (C=O) groups excluding carboxylic acids is 1. The first-order valence-corrected chi connectivity index (χ1v) is 24.3. The summed E-state index contributed by atoms with van der Waals surface area (Å²) in [6, 6.07) is -0.415. The molecule has 6 heteroatoms. The number of nitrogens with two attached hydrogens (primary N) is 2. The second kappa shape index (κ2) is 39.5. The van der Waals surface area contributed by atoms with Crippen molar-refractivity contribution in [2.45, 2.75) is 238 Å². The molecule has 6 nitrogen and oxygen atoms in total. The maximum Gasteiger partial charge on any atom is 0.239 e. The molecule has 0 spiro atoms. The lowest BCUT2D eigenvalue weighted by atomic mass is 10.0. The second-order valence-electron chi connectivity index (χ2n) is 17.2. The van der Waals surface area contributed by atoms with Gasteiger partial charge in [0.05, 0.1) is 6.04 Å². The Morgan fingerprint density at radius 1 is 0.415 bits per heavy atom. The van der Waals surface area contributed by atoms with E-state index in [-0.39, 0.29) is 5.91 Å². The van der Waals surface area contributed by atoms with Gasteiger partial charge in [0, 0.05) is 39.3 Å². The molecule has 0 unspecified atom stereocenters. The summed E-state index contributed by atoms with van der Waals surface area (Å²) in [5, 5.41) is 0. The molecule has 1 aliphatic rings. The molecule has 1 amide bonds. The van der Waals surface area contributed by atoms with E-state index in [1.807, 2.05) is 0 Å². The summed E-state index contributed by atoms with van der Waals surface area (Å²) in [4.78, 5) is 20.7. The number of nitrogens with zero attached hydrogens (tertiary/aromatic N) is 3. The summed E-state index contributed by atoms with van der Waals surface area (Å²) < 4.78 is 0. The van der Waals surface area contributed by atoms with E-state index in [0.29, 0.717) is 13.0 Å². The van der Waals surface area contributed by atoms with Gasteiger partial charge in [-0.3, -0.25) is 4.79 Å². The number of amides is 1. The fourth-order valence-corrected chi connectivity index (χ4v) is 8.27. The van der Waals surface area contributed by atoms with Crippen LogP contribution in [0.25, 0.3) is 0 Å². The number of carbonyl (C=O) groups is 1. The summed E-state index contributed by atoms with van der Waals surface area (Å²) in [5.41, 5.74) is 12.1. The monoisotopic (exact) mass is 748 g/mol. The molecule has 1 rings (SSSR count). The topological polar surface area (TPSA) is 78.8 Å². The van der Waals surface area contributed by atoms with E-state index in [2.05, 4.69) is 28.5 Å². The van der Waals surface area contributed by atoms with Crippen molar-refractivity contribution in [1.82, 2.24) is 14.7 Å². The first-order chi connectivity index (χ1) is 26.1. The van der Waals surface area contributed by atoms with Crippen LogP contribution in [0.2, 0.25) is 0 Å². The van der Waals surface area contributed by atoms with Crippen LogP contribution in [0.15, 0.2) is 0 Å². The van der Waals surface area contributed by atoms with Crippen LogP contribution in [-0.4, -0.2) is 85.6 Å². The third-order valence-electron chi connectivity index (χ3n) is 12.1.